The number of hydrogen-bond acceptors (Lipinski definition) is 1. The Balaban J connectivity index is 0.958. The third-order valence-electron chi connectivity index (χ3n) is 13.9. The number of nitrogens with zero attached hydrogens (tertiary/aromatic N) is 2. The molecule has 0 radical (unpaired) electrons. The first-order chi connectivity index (χ1) is 33.4. The summed E-state index contributed by atoms with van der Waals surface area (Å²) in [6.07, 6.45) is 0. The molecule has 0 amide bonds. The van der Waals surface area contributed by atoms with E-state index in [-0.39, 0.29) is 11.2 Å². The van der Waals surface area contributed by atoms with Crippen molar-refractivity contribution in [1.82, 2.24) is 4.57 Å². The molecule has 0 spiro atoms. The van der Waals surface area contributed by atoms with Gasteiger partial charge in [0, 0.05) is 39.1 Å². The van der Waals surface area contributed by atoms with E-state index in [0.29, 0.717) is 0 Å². The van der Waals surface area contributed by atoms with Gasteiger partial charge in [0.2, 0.25) is 0 Å². The molecule has 0 fully saturated rings. The van der Waals surface area contributed by atoms with Crippen molar-refractivity contribution in [2.75, 3.05) is 4.90 Å². The van der Waals surface area contributed by atoms with Crippen LogP contribution < -0.4 is 4.90 Å². The lowest BCUT2D eigenvalue weighted by atomic mass is 9.81. The molecule has 10 aromatic carbocycles. The molecule has 0 N–H and O–H groups in total. The first-order valence-corrected chi connectivity index (χ1v) is 23.4. The van der Waals surface area contributed by atoms with Gasteiger partial charge in [0.25, 0.3) is 0 Å². The van der Waals surface area contributed by atoms with E-state index in [4.69, 9.17) is 0 Å². The second-order valence-electron chi connectivity index (χ2n) is 18.3. The van der Waals surface area contributed by atoms with Crippen LogP contribution in [0.25, 0.3) is 83.5 Å². The number of hydrogen-bond donors (Lipinski definition) is 0. The monoisotopic (exact) mass is 874 g/mol. The van der Waals surface area contributed by atoms with E-state index in [2.05, 4.69) is 248 Å². The maximum Gasteiger partial charge on any atom is 0.123 e. The molecule has 1 heterocycles. The van der Waals surface area contributed by atoms with Crippen LogP contribution in [0.4, 0.5) is 21.5 Å². The van der Waals surface area contributed by atoms with E-state index >= 15 is 0 Å². The van der Waals surface area contributed by atoms with Crippen molar-refractivity contribution in [3.63, 3.8) is 0 Å². The molecule has 11 aromatic rings. The summed E-state index contributed by atoms with van der Waals surface area (Å²) in [5.41, 5.74) is 21.7. The molecule has 0 saturated carbocycles. The van der Waals surface area contributed by atoms with Crippen LogP contribution in [0, 0.1) is 5.82 Å². The van der Waals surface area contributed by atoms with Crippen molar-refractivity contribution in [3.8, 4) is 72.6 Å². The Kier molecular flexibility index (Phi) is 10.1. The number of rotatable bonds is 9. The highest BCUT2D eigenvalue weighted by molar-refractivity contribution is 6.07. The fourth-order valence-electron chi connectivity index (χ4n) is 10.5. The quantitative estimate of drug-likeness (QED) is 0.140. The van der Waals surface area contributed by atoms with Crippen LogP contribution in [-0.4, -0.2) is 4.57 Å². The molecular weight excluding hydrogens is 828 g/mol. The summed E-state index contributed by atoms with van der Waals surface area (Å²) >= 11 is 0. The highest BCUT2D eigenvalue weighted by atomic mass is 19.1. The fraction of sp³-hybridized carbons (Fsp3) is 0.0462. The smallest absolute Gasteiger partial charge is 0.123 e. The van der Waals surface area contributed by atoms with Gasteiger partial charge in [-0.3, -0.25) is 0 Å². The second-order valence-corrected chi connectivity index (χ2v) is 18.3. The Hall–Kier alpha value is -8.53. The van der Waals surface area contributed by atoms with E-state index in [1.54, 1.807) is 12.1 Å². The zero-order valence-electron chi connectivity index (χ0n) is 37.9. The normalized spacial score (nSPS) is 12.5. The Morgan fingerprint density at radius 1 is 0.368 bits per heavy atom. The van der Waals surface area contributed by atoms with Crippen LogP contribution in [0.1, 0.15) is 25.0 Å². The van der Waals surface area contributed by atoms with Crippen molar-refractivity contribution in [3.05, 3.63) is 266 Å². The van der Waals surface area contributed by atoms with Gasteiger partial charge in [-0.2, -0.15) is 0 Å². The topological polar surface area (TPSA) is 8.17 Å². The van der Waals surface area contributed by atoms with Crippen molar-refractivity contribution in [1.29, 1.82) is 0 Å². The van der Waals surface area contributed by atoms with Gasteiger partial charge in [-0.1, -0.05) is 184 Å². The molecule has 0 saturated heterocycles. The maximum atomic E-state index is 14.4. The van der Waals surface area contributed by atoms with Crippen LogP contribution >= 0.6 is 0 Å². The van der Waals surface area contributed by atoms with E-state index in [9.17, 15) is 4.39 Å². The van der Waals surface area contributed by atoms with Crippen LogP contribution in [-0.2, 0) is 5.41 Å². The van der Waals surface area contributed by atoms with Gasteiger partial charge >= 0.3 is 0 Å². The third-order valence-corrected chi connectivity index (χ3v) is 13.9. The zero-order valence-corrected chi connectivity index (χ0v) is 37.9. The third kappa shape index (κ3) is 7.12. The van der Waals surface area contributed by atoms with Crippen LogP contribution in [0.15, 0.2) is 249 Å². The maximum absolute atomic E-state index is 14.4. The van der Waals surface area contributed by atoms with Gasteiger partial charge in [-0.25, -0.2) is 4.39 Å². The van der Waals surface area contributed by atoms with E-state index in [0.717, 1.165) is 61.6 Å². The van der Waals surface area contributed by atoms with Crippen molar-refractivity contribution >= 4 is 28.0 Å². The van der Waals surface area contributed by atoms with Gasteiger partial charge in [0.15, 0.2) is 0 Å². The zero-order chi connectivity index (χ0) is 45.8. The first-order valence-electron chi connectivity index (χ1n) is 23.4. The largest absolute Gasteiger partial charge is 0.310 e. The van der Waals surface area contributed by atoms with Crippen LogP contribution in [0.2, 0.25) is 0 Å². The molecule has 1 aliphatic rings. The number of aromatic nitrogens is 1. The van der Waals surface area contributed by atoms with Crippen molar-refractivity contribution < 1.29 is 4.39 Å². The summed E-state index contributed by atoms with van der Waals surface area (Å²) in [6, 6.07) is 87.9. The van der Waals surface area contributed by atoms with E-state index in [1.165, 1.54) is 50.1 Å². The lowest BCUT2D eigenvalue weighted by Gasteiger charge is -2.28. The summed E-state index contributed by atoms with van der Waals surface area (Å²) in [5.74, 6) is -0.255. The van der Waals surface area contributed by atoms with Crippen molar-refractivity contribution in [2.24, 2.45) is 0 Å². The Bertz CT molecular complexity index is 3510. The van der Waals surface area contributed by atoms with Gasteiger partial charge in [0.1, 0.15) is 5.82 Å². The summed E-state index contributed by atoms with van der Waals surface area (Å²) in [5, 5.41) is 1.14. The fourth-order valence-corrected chi connectivity index (χ4v) is 10.5. The van der Waals surface area contributed by atoms with Gasteiger partial charge in [0.05, 0.1) is 11.2 Å². The molecule has 0 bridgehead atoms. The molecule has 0 aliphatic heterocycles. The number of anilines is 3. The Morgan fingerprint density at radius 2 is 0.794 bits per heavy atom. The lowest BCUT2D eigenvalue weighted by molar-refractivity contribution is 0.627. The standard InChI is InChI=1S/C65H47FN2/c1-65(2)60-42-51(50-28-40-62-59(41-50)63(48-19-11-5-12-20-48)64(49-21-13-6-14-22-49)68(62)55-35-29-52(66)30-36-55)27-38-57(60)58-39-37-56(43-61(58)65)67(53-31-23-46(24-32-53)44-15-7-3-8-16-44)54-33-25-47(26-34-54)45-17-9-4-10-18-45/h3-43H,1-2H3. The molecule has 3 heteroatoms. The summed E-state index contributed by atoms with van der Waals surface area (Å²) in [7, 11) is 0. The lowest BCUT2D eigenvalue weighted by Crippen LogP contribution is -2.16. The minimum absolute atomic E-state index is 0.255. The predicted molar refractivity (Wildman–Crippen MR) is 283 cm³/mol. The van der Waals surface area contributed by atoms with Crippen LogP contribution in [0.5, 0.6) is 0 Å². The molecule has 324 valence electrons. The molecule has 68 heavy (non-hydrogen) atoms. The minimum atomic E-state index is -0.275. The number of benzene rings is 10. The SMILES string of the molecule is CC1(C)c2cc(-c3ccc4c(c3)c(-c3ccccc3)c(-c3ccccc3)n4-c3ccc(F)cc3)ccc2-c2ccc(N(c3ccc(-c4ccccc4)cc3)c3ccc(-c4ccccc4)cc3)cc21. The van der Waals surface area contributed by atoms with Gasteiger partial charge < -0.3 is 9.47 Å². The first kappa shape index (κ1) is 40.9. The number of halogens is 1. The van der Waals surface area contributed by atoms with Crippen LogP contribution in [0.3, 0.4) is 0 Å². The number of fused-ring (bicyclic) bond motifs is 4. The summed E-state index contributed by atoms with van der Waals surface area (Å²) in [6.45, 7) is 4.73. The Morgan fingerprint density at radius 3 is 1.35 bits per heavy atom. The van der Waals surface area contributed by atoms with Crippen molar-refractivity contribution in [2.45, 2.75) is 19.3 Å². The van der Waals surface area contributed by atoms with Gasteiger partial charge in [-0.15, -0.1) is 0 Å². The average Bonchev–Trinajstić information content (AvgIpc) is 3.85. The highest BCUT2D eigenvalue weighted by Gasteiger charge is 2.36. The summed E-state index contributed by atoms with van der Waals surface area (Å²) < 4.78 is 16.7. The molecule has 2 nitrogen and oxygen atoms in total. The molecule has 1 aromatic heterocycles. The molecule has 1 aliphatic carbocycles. The van der Waals surface area contributed by atoms with E-state index < -0.39 is 0 Å². The van der Waals surface area contributed by atoms with E-state index in [1.807, 2.05) is 12.1 Å². The second kappa shape index (κ2) is 16.7. The summed E-state index contributed by atoms with van der Waals surface area (Å²) in [4.78, 5) is 2.38. The molecule has 12 rings (SSSR count). The molecule has 0 unspecified atom stereocenters. The molecular formula is C65H47FN2. The Labute approximate surface area is 397 Å². The molecule has 0 atom stereocenters. The average molecular weight is 875 g/mol. The predicted octanol–water partition coefficient (Wildman–Crippen LogP) is 17.9. The highest BCUT2D eigenvalue weighted by Crippen LogP contribution is 2.52. The minimum Gasteiger partial charge on any atom is -0.310 e. The van der Waals surface area contributed by atoms with Gasteiger partial charge in [-0.05, 0) is 146 Å².